The predicted molar refractivity (Wildman–Crippen MR) is 71.8 cm³/mol. The Morgan fingerprint density at radius 1 is 1.26 bits per heavy atom. The summed E-state index contributed by atoms with van der Waals surface area (Å²) in [7, 11) is 4.92. The van der Waals surface area contributed by atoms with Crippen LogP contribution in [-0.2, 0) is 4.79 Å². The van der Waals surface area contributed by atoms with Crippen molar-refractivity contribution in [3.63, 3.8) is 0 Å². The number of carbonyl (C=O) groups excluding carboxylic acids is 2. The van der Waals surface area contributed by atoms with E-state index in [0.29, 0.717) is 17.1 Å². The number of hydrogen-bond donors (Lipinski definition) is 0. The number of hydrogen-bond acceptors (Lipinski definition) is 4. The van der Waals surface area contributed by atoms with Crippen LogP contribution in [0.2, 0.25) is 0 Å². The van der Waals surface area contributed by atoms with Crippen LogP contribution in [0.1, 0.15) is 23.7 Å². The van der Waals surface area contributed by atoms with Crippen LogP contribution in [0, 0.1) is 0 Å². The van der Waals surface area contributed by atoms with Crippen molar-refractivity contribution in [2.75, 3.05) is 27.8 Å². The first-order valence-electron chi connectivity index (χ1n) is 5.97. The monoisotopic (exact) mass is 265 g/mol. The Morgan fingerprint density at radius 2 is 1.95 bits per heavy atom. The van der Waals surface area contributed by atoms with Crippen molar-refractivity contribution in [2.24, 2.45) is 0 Å². The molecule has 104 valence electrons. The van der Waals surface area contributed by atoms with Gasteiger partial charge in [0, 0.05) is 20.2 Å². The van der Waals surface area contributed by atoms with Crippen molar-refractivity contribution in [1.29, 1.82) is 0 Å². The van der Waals surface area contributed by atoms with Crippen LogP contribution in [0.3, 0.4) is 0 Å². The minimum atomic E-state index is -0.0865. The Kier molecular flexibility index (Phi) is 5.36. The molecular formula is C14H19NO4. The molecule has 0 N–H and O–H groups in total. The Hall–Kier alpha value is -2.04. The van der Waals surface area contributed by atoms with E-state index in [4.69, 9.17) is 9.47 Å². The normalized spacial score (nSPS) is 9.89. The Balaban J connectivity index is 2.75. The average Bonchev–Trinajstić information content (AvgIpc) is 2.37. The van der Waals surface area contributed by atoms with Gasteiger partial charge in [-0.25, -0.2) is 0 Å². The Labute approximate surface area is 113 Å². The van der Waals surface area contributed by atoms with Crippen LogP contribution >= 0.6 is 0 Å². The molecule has 0 saturated heterocycles. The molecule has 0 aliphatic carbocycles. The second-order valence-electron chi connectivity index (χ2n) is 4.30. The van der Waals surface area contributed by atoms with Gasteiger partial charge in [-0.2, -0.15) is 0 Å². The van der Waals surface area contributed by atoms with Crippen LogP contribution in [0.4, 0.5) is 0 Å². The third kappa shape index (κ3) is 4.28. The van der Waals surface area contributed by atoms with Gasteiger partial charge in [0.25, 0.3) is 0 Å². The third-order valence-electron chi connectivity index (χ3n) is 2.64. The first-order chi connectivity index (χ1) is 8.95. The molecule has 0 spiro atoms. The second kappa shape index (κ2) is 6.78. The van der Waals surface area contributed by atoms with Crippen LogP contribution in [0.15, 0.2) is 18.2 Å². The van der Waals surface area contributed by atoms with E-state index in [9.17, 15) is 9.59 Å². The summed E-state index contributed by atoms with van der Waals surface area (Å²) in [5.74, 6) is 0.946. The van der Waals surface area contributed by atoms with Gasteiger partial charge in [-0.05, 0) is 19.1 Å². The van der Waals surface area contributed by atoms with Crippen LogP contribution in [0.25, 0.3) is 0 Å². The fourth-order valence-corrected chi connectivity index (χ4v) is 1.51. The van der Waals surface area contributed by atoms with Gasteiger partial charge in [0.2, 0.25) is 5.91 Å². The zero-order chi connectivity index (χ0) is 14.4. The molecule has 0 aliphatic heterocycles. The molecule has 19 heavy (non-hydrogen) atoms. The van der Waals surface area contributed by atoms with Crippen molar-refractivity contribution >= 4 is 11.7 Å². The largest absolute Gasteiger partial charge is 0.497 e. The van der Waals surface area contributed by atoms with Gasteiger partial charge >= 0.3 is 0 Å². The maximum Gasteiger partial charge on any atom is 0.225 e. The summed E-state index contributed by atoms with van der Waals surface area (Å²) < 4.78 is 10.6. The van der Waals surface area contributed by atoms with E-state index in [1.165, 1.54) is 11.8 Å². The summed E-state index contributed by atoms with van der Waals surface area (Å²) in [5, 5.41) is 0. The number of methoxy groups -OCH3 is 1. The maximum atomic E-state index is 11.5. The van der Waals surface area contributed by atoms with E-state index in [2.05, 4.69) is 0 Å². The van der Waals surface area contributed by atoms with Crippen molar-refractivity contribution < 1.29 is 19.1 Å². The highest BCUT2D eigenvalue weighted by Gasteiger charge is 2.11. The molecule has 0 aromatic heterocycles. The van der Waals surface area contributed by atoms with Gasteiger partial charge in [0.05, 0.1) is 25.7 Å². The summed E-state index contributed by atoms with van der Waals surface area (Å²) in [6, 6.07) is 5.01. The number of nitrogens with zero attached hydrogens (tertiary/aromatic N) is 1. The lowest BCUT2D eigenvalue weighted by molar-refractivity contribution is -0.129. The number of Topliss-reactive ketones (excluding diaryl/α,β-unsaturated/α-hetero) is 1. The summed E-state index contributed by atoms with van der Waals surface area (Å²) >= 11 is 0. The minimum Gasteiger partial charge on any atom is -0.497 e. The molecule has 0 atom stereocenters. The number of rotatable bonds is 6. The lowest BCUT2D eigenvalue weighted by Crippen LogP contribution is -2.23. The first-order valence-corrected chi connectivity index (χ1v) is 5.97. The van der Waals surface area contributed by atoms with Crippen molar-refractivity contribution in [3.05, 3.63) is 23.8 Å². The molecule has 0 heterocycles. The van der Waals surface area contributed by atoms with Gasteiger partial charge in [-0.3, -0.25) is 9.59 Å². The minimum absolute atomic E-state index is 0.0210. The number of amides is 1. The zero-order valence-electron chi connectivity index (χ0n) is 11.7. The maximum absolute atomic E-state index is 11.5. The molecule has 0 unspecified atom stereocenters. The molecule has 1 aromatic carbocycles. The van der Waals surface area contributed by atoms with Crippen molar-refractivity contribution in [2.45, 2.75) is 13.3 Å². The van der Waals surface area contributed by atoms with E-state index in [1.807, 2.05) is 0 Å². The molecule has 0 aliphatic rings. The topological polar surface area (TPSA) is 55.8 Å². The molecule has 5 heteroatoms. The predicted octanol–water partition coefficient (Wildman–Crippen LogP) is 1.75. The van der Waals surface area contributed by atoms with E-state index in [0.717, 1.165) is 0 Å². The highest BCUT2D eigenvalue weighted by atomic mass is 16.5. The quantitative estimate of drug-likeness (QED) is 0.735. The highest BCUT2D eigenvalue weighted by Crippen LogP contribution is 2.25. The standard InChI is InChI=1S/C14H19NO4/c1-10(16)12-6-5-11(18-4)9-13(12)19-8-7-14(17)15(2)3/h5-6,9H,7-8H2,1-4H3. The molecule has 0 bridgehead atoms. The molecule has 0 fully saturated rings. The lowest BCUT2D eigenvalue weighted by Gasteiger charge is -2.13. The smallest absolute Gasteiger partial charge is 0.225 e. The summed E-state index contributed by atoms with van der Waals surface area (Å²) in [6.45, 7) is 1.70. The van der Waals surface area contributed by atoms with Gasteiger partial charge in [0.1, 0.15) is 11.5 Å². The fourth-order valence-electron chi connectivity index (χ4n) is 1.51. The molecule has 1 rings (SSSR count). The molecular weight excluding hydrogens is 246 g/mol. The van der Waals surface area contributed by atoms with Crippen LogP contribution in [0.5, 0.6) is 11.5 Å². The van der Waals surface area contributed by atoms with E-state index < -0.39 is 0 Å². The van der Waals surface area contributed by atoms with Gasteiger partial charge in [-0.15, -0.1) is 0 Å². The number of carbonyl (C=O) groups is 2. The van der Waals surface area contributed by atoms with Crippen LogP contribution in [-0.4, -0.2) is 44.4 Å². The van der Waals surface area contributed by atoms with E-state index in [1.54, 1.807) is 39.4 Å². The van der Waals surface area contributed by atoms with Crippen molar-refractivity contribution in [1.82, 2.24) is 4.90 Å². The third-order valence-corrected chi connectivity index (χ3v) is 2.64. The van der Waals surface area contributed by atoms with Gasteiger partial charge in [0.15, 0.2) is 5.78 Å². The zero-order valence-corrected chi connectivity index (χ0v) is 11.7. The molecule has 0 radical (unpaired) electrons. The number of ketones is 1. The second-order valence-corrected chi connectivity index (χ2v) is 4.30. The Bertz CT molecular complexity index is 469. The molecule has 1 amide bonds. The molecule has 1 aromatic rings. The average molecular weight is 265 g/mol. The van der Waals surface area contributed by atoms with Crippen LogP contribution < -0.4 is 9.47 Å². The SMILES string of the molecule is COc1ccc(C(C)=O)c(OCCC(=O)N(C)C)c1. The summed E-state index contributed by atoms with van der Waals surface area (Å²) in [6.07, 6.45) is 0.265. The summed E-state index contributed by atoms with van der Waals surface area (Å²) in [5.41, 5.74) is 0.484. The van der Waals surface area contributed by atoms with Crippen molar-refractivity contribution in [3.8, 4) is 11.5 Å². The number of ether oxygens (including phenoxy) is 2. The van der Waals surface area contributed by atoms with Gasteiger partial charge in [-0.1, -0.05) is 0 Å². The lowest BCUT2D eigenvalue weighted by atomic mass is 10.1. The van der Waals surface area contributed by atoms with Gasteiger partial charge < -0.3 is 14.4 Å². The van der Waals surface area contributed by atoms with E-state index >= 15 is 0 Å². The first kappa shape index (κ1) is 15.0. The summed E-state index contributed by atoms with van der Waals surface area (Å²) in [4.78, 5) is 24.4. The Morgan fingerprint density at radius 3 is 2.47 bits per heavy atom. The number of benzene rings is 1. The molecule has 0 saturated carbocycles. The van der Waals surface area contributed by atoms with E-state index in [-0.39, 0.29) is 24.7 Å². The fraction of sp³-hybridized carbons (Fsp3) is 0.429. The highest BCUT2D eigenvalue weighted by molar-refractivity contribution is 5.97. The molecule has 5 nitrogen and oxygen atoms in total.